The molecule has 0 unspecified atom stereocenters. The minimum Gasteiger partial charge on any atom is -0.351 e. The fourth-order valence-electron chi connectivity index (χ4n) is 2.75. The molecule has 0 aliphatic carbocycles. The predicted octanol–water partition coefficient (Wildman–Crippen LogP) is 0.698. The second kappa shape index (κ2) is 4.89. The monoisotopic (exact) mass is 297 g/mol. The van der Waals surface area contributed by atoms with E-state index in [1.807, 2.05) is 6.07 Å². The maximum atomic E-state index is 14.3. The van der Waals surface area contributed by atoms with Gasteiger partial charge in [0, 0.05) is 26.2 Å². The molecule has 8 heteroatoms. The van der Waals surface area contributed by atoms with E-state index in [2.05, 4.69) is 25.4 Å². The summed E-state index contributed by atoms with van der Waals surface area (Å²) in [7, 11) is 0. The third-order valence-corrected chi connectivity index (χ3v) is 3.81. The van der Waals surface area contributed by atoms with Crippen LogP contribution in [0.5, 0.6) is 0 Å². The Balaban J connectivity index is 2.03. The summed E-state index contributed by atoms with van der Waals surface area (Å²) in [5.74, 6) is 0.108. The molecule has 0 saturated carbocycles. The van der Waals surface area contributed by atoms with E-state index in [0.717, 1.165) is 26.2 Å². The van der Waals surface area contributed by atoms with Crippen LogP contribution in [0.3, 0.4) is 0 Å². The summed E-state index contributed by atoms with van der Waals surface area (Å²) in [6.07, 6.45) is 1.52. The molecule has 22 heavy (non-hydrogen) atoms. The van der Waals surface area contributed by atoms with Gasteiger partial charge in [-0.15, -0.1) is 10.2 Å². The highest BCUT2D eigenvalue weighted by atomic mass is 19.1. The number of anilines is 1. The minimum atomic E-state index is -0.513. The first kappa shape index (κ1) is 12.9. The molecule has 1 aliphatic heterocycles. The molecule has 0 radical (unpaired) electrons. The molecule has 1 saturated heterocycles. The van der Waals surface area contributed by atoms with Crippen molar-refractivity contribution < 1.29 is 4.39 Å². The molecule has 1 aliphatic rings. The second-order valence-electron chi connectivity index (χ2n) is 5.13. The minimum absolute atomic E-state index is 0.222. The summed E-state index contributed by atoms with van der Waals surface area (Å²) < 4.78 is 16.0. The highest BCUT2D eigenvalue weighted by Gasteiger charge is 2.20. The molecule has 3 heterocycles. The summed E-state index contributed by atoms with van der Waals surface area (Å²) >= 11 is 0. The van der Waals surface area contributed by atoms with Gasteiger partial charge in [-0.05, 0) is 12.1 Å². The van der Waals surface area contributed by atoms with Gasteiger partial charge in [0.25, 0.3) is 0 Å². The summed E-state index contributed by atoms with van der Waals surface area (Å²) in [6, 6.07) is 4.76. The van der Waals surface area contributed by atoms with Crippen LogP contribution in [0.15, 0.2) is 18.5 Å². The number of nitrogens with one attached hydrogen (secondary N) is 1. The fraction of sp³-hybridized carbons (Fsp3) is 0.286. The van der Waals surface area contributed by atoms with Gasteiger partial charge in [-0.1, -0.05) is 0 Å². The molecule has 1 fully saturated rings. The van der Waals surface area contributed by atoms with Gasteiger partial charge >= 0.3 is 0 Å². The van der Waals surface area contributed by atoms with Crippen molar-refractivity contribution in [1.82, 2.24) is 24.9 Å². The molecule has 2 aromatic heterocycles. The lowest BCUT2D eigenvalue weighted by Gasteiger charge is -2.28. The van der Waals surface area contributed by atoms with Crippen LogP contribution in [-0.2, 0) is 0 Å². The van der Waals surface area contributed by atoms with E-state index in [1.165, 1.54) is 12.4 Å². The van der Waals surface area contributed by atoms with Crippen LogP contribution in [0.2, 0.25) is 0 Å². The zero-order chi connectivity index (χ0) is 15.1. The number of hydrogen-bond acceptors (Lipinski definition) is 6. The van der Waals surface area contributed by atoms with E-state index in [9.17, 15) is 4.39 Å². The number of aromatic nitrogens is 4. The van der Waals surface area contributed by atoms with Crippen molar-refractivity contribution in [2.75, 3.05) is 31.1 Å². The Kier molecular flexibility index (Phi) is 2.87. The number of fused-ring (bicyclic) bond motifs is 3. The summed E-state index contributed by atoms with van der Waals surface area (Å²) in [4.78, 5) is 6.53. The van der Waals surface area contributed by atoms with Crippen LogP contribution in [-0.4, -0.2) is 45.8 Å². The first-order chi connectivity index (χ1) is 10.8. The molecule has 3 aromatic rings. The number of nitrogens with zero attached hydrogens (tertiary/aromatic N) is 6. The standard InChI is InChI=1S/C14H12FN7/c15-10-5-9(7-16)6-11-12(10)19-13(14-20-18-8-22(11)14)21-3-1-17-2-4-21/h5-6,8,17H,1-4H2. The van der Waals surface area contributed by atoms with Gasteiger partial charge in [-0.3, -0.25) is 4.40 Å². The van der Waals surface area contributed by atoms with E-state index in [-0.39, 0.29) is 11.1 Å². The number of piperazine rings is 1. The van der Waals surface area contributed by atoms with Crippen molar-refractivity contribution in [1.29, 1.82) is 5.26 Å². The van der Waals surface area contributed by atoms with E-state index in [1.54, 1.807) is 10.5 Å². The third kappa shape index (κ3) is 1.87. The number of nitriles is 1. The highest BCUT2D eigenvalue weighted by Crippen LogP contribution is 2.26. The molecule has 0 bridgehead atoms. The van der Waals surface area contributed by atoms with Crippen LogP contribution >= 0.6 is 0 Å². The Hall–Kier alpha value is -2.79. The van der Waals surface area contributed by atoms with Gasteiger partial charge in [-0.2, -0.15) is 5.26 Å². The van der Waals surface area contributed by atoms with E-state index in [0.29, 0.717) is 17.0 Å². The van der Waals surface area contributed by atoms with Gasteiger partial charge in [0.05, 0.1) is 17.1 Å². The van der Waals surface area contributed by atoms with Gasteiger partial charge in [0.15, 0.2) is 11.6 Å². The summed E-state index contributed by atoms with van der Waals surface area (Å²) in [5, 5.41) is 20.3. The molecule has 0 amide bonds. The summed E-state index contributed by atoms with van der Waals surface area (Å²) in [5.41, 5.74) is 1.54. The molecule has 1 aromatic carbocycles. The Morgan fingerprint density at radius 3 is 2.86 bits per heavy atom. The van der Waals surface area contributed by atoms with Gasteiger partial charge in [0.2, 0.25) is 5.65 Å². The average Bonchev–Trinajstić information content (AvgIpc) is 3.05. The zero-order valence-electron chi connectivity index (χ0n) is 11.6. The first-order valence-corrected chi connectivity index (χ1v) is 6.96. The lowest BCUT2D eigenvalue weighted by atomic mass is 10.2. The van der Waals surface area contributed by atoms with Crippen LogP contribution < -0.4 is 10.2 Å². The van der Waals surface area contributed by atoms with E-state index < -0.39 is 5.82 Å². The molecular weight excluding hydrogens is 285 g/mol. The number of rotatable bonds is 1. The summed E-state index contributed by atoms with van der Waals surface area (Å²) in [6.45, 7) is 3.24. The predicted molar refractivity (Wildman–Crippen MR) is 78.0 cm³/mol. The van der Waals surface area contributed by atoms with Crippen molar-refractivity contribution in [3.05, 3.63) is 29.8 Å². The van der Waals surface area contributed by atoms with Gasteiger partial charge in [0.1, 0.15) is 11.8 Å². The molecule has 4 rings (SSSR count). The van der Waals surface area contributed by atoms with Gasteiger partial charge in [-0.25, -0.2) is 9.37 Å². The van der Waals surface area contributed by atoms with Crippen molar-refractivity contribution >= 4 is 22.5 Å². The quantitative estimate of drug-likeness (QED) is 0.712. The molecule has 1 N–H and O–H groups in total. The van der Waals surface area contributed by atoms with Crippen LogP contribution in [0.4, 0.5) is 10.2 Å². The number of hydrogen-bond donors (Lipinski definition) is 1. The normalized spacial score (nSPS) is 15.4. The molecule has 7 nitrogen and oxygen atoms in total. The average molecular weight is 297 g/mol. The van der Waals surface area contributed by atoms with Crippen LogP contribution in [0.1, 0.15) is 5.56 Å². The third-order valence-electron chi connectivity index (χ3n) is 3.81. The number of benzene rings is 1. The Bertz CT molecular complexity index is 905. The smallest absolute Gasteiger partial charge is 0.204 e. The molecule has 0 atom stereocenters. The zero-order valence-corrected chi connectivity index (χ0v) is 11.6. The molecular formula is C14H12FN7. The fourth-order valence-corrected chi connectivity index (χ4v) is 2.75. The van der Waals surface area contributed by atoms with Gasteiger partial charge < -0.3 is 10.2 Å². The number of halogens is 1. The van der Waals surface area contributed by atoms with E-state index >= 15 is 0 Å². The van der Waals surface area contributed by atoms with Crippen molar-refractivity contribution in [3.8, 4) is 6.07 Å². The van der Waals surface area contributed by atoms with Crippen molar-refractivity contribution in [2.24, 2.45) is 0 Å². The van der Waals surface area contributed by atoms with E-state index in [4.69, 9.17) is 5.26 Å². The lowest BCUT2D eigenvalue weighted by Crippen LogP contribution is -2.44. The second-order valence-corrected chi connectivity index (χ2v) is 5.13. The van der Waals surface area contributed by atoms with Crippen molar-refractivity contribution in [2.45, 2.75) is 0 Å². The Morgan fingerprint density at radius 1 is 1.27 bits per heavy atom. The molecule has 0 spiro atoms. The first-order valence-electron chi connectivity index (χ1n) is 6.96. The molecule has 110 valence electrons. The van der Waals surface area contributed by atoms with Crippen LogP contribution in [0, 0.1) is 17.1 Å². The van der Waals surface area contributed by atoms with Crippen molar-refractivity contribution in [3.63, 3.8) is 0 Å². The lowest BCUT2D eigenvalue weighted by molar-refractivity contribution is 0.585. The maximum absolute atomic E-state index is 14.3. The topological polar surface area (TPSA) is 82.1 Å². The van der Waals surface area contributed by atoms with Crippen LogP contribution in [0.25, 0.3) is 16.7 Å². The Morgan fingerprint density at radius 2 is 2.09 bits per heavy atom. The highest BCUT2D eigenvalue weighted by molar-refractivity contribution is 5.84. The Labute approximate surface area is 125 Å². The largest absolute Gasteiger partial charge is 0.351 e. The maximum Gasteiger partial charge on any atom is 0.204 e. The SMILES string of the molecule is N#Cc1cc(F)c2nc(N3CCNCC3)c3nncn3c2c1.